The fraction of sp³-hybridized carbons (Fsp3) is 0.560. The summed E-state index contributed by atoms with van der Waals surface area (Å²) in [5.41, 5.74) is 0. The van der Waals surface area contributed by atoms with Crippen molar-refractivity contribution in [1.82, 2.24) is 0 Å². The molecule has 1 unspecified atom stereocenters. The van der Waals surface area contributed by atoms with Gasteiger partial charge in [-0.15, -0.1) is 0 Å². The van der Waals surface area contributed by atoms with Gasteiger partial charge in [-0.1, -0.05) is 261 Å². The second-order valence-corrected chi connectivity index (χ2v) is 20.5. The van der Waals surface area contributed by atoms with Gasteiger partial charge in [-0.3, -0.25) is 14.4 Å². The Morgan fingerprint density at radius 3 is 0.802 bits per heavy atom. The van der Waals surface area contributed by atoms with Gasteiger partial charge in [0.05, 0.1) is 0 Å². The fourth-order valence-corrected chi connectivity index (χ4v) is 8.11. The molecule has 0 aromatic heterocycles. The van der Waals surface area contributed by atoms with Gasteiger partial charge in [-0.2, -0.15) is 0 Å². The highest BCUT2D eigenvalue weighted by molar-refractivity contribution is 5.71. The first-order valence-electron chi connectivity index (χ1n) is 32.3. The molecule has 0 aliphatic rings. The van der Waals surface area contributed by atoms with Crippen LogP contribution in [0.2, 0.25) is 0 Å². The van der Waals surface area contributed by atoms with Crippen molar-refractivity contribution in [2.75, 3.05) is 13.2 Å². The van der Waals surface area contributed by atoms with E-state index in [9.17, 15) is 14.4 Å². The molecule has 0 saturated carbocycles. The summed E-state index contributed by atoms with van der Waals surface area (Å²) < 4.78 is 16.9. The SMILES string of the molecule is CC/C=C\C/C=C\C/C=C\C/C=C\C/C=C\C/C=C\C/C=C\CCCC(=O)OCC(COC(=O)CCCCCCCCC/C=C\C/C=C\CCCCC)OC(=O)CCCCCC/C=C\C/C=C\C/C=C\C/C=C\C/C=C\C/C=C\CC. The second-order valence-electron chi connectivity index (χ2n) is 20.5. The zero-order chi connectivity index (χ0) is 58.5. The molecule has 0 spiro atoms. The van der Waals surface area contributed by atoms with Gasteiger partial charge >= 0.3 is 17.9 Å². The first-order chi connectivity index (χ1) is 40.0. The molecule has 6 nitrogen and oxygen atoms in total. The van der Waals surface area contributed by atoms with Crippen LogP contribution in [-0.4, -0.2) is 37.2 Å². The molecule has 1 atom stereocenters. The lowest BCUT2D eigenvalue weighted by molar-refractivity contribution is -0.167. The van der Waals surface area contributed by atoms with E-state index in [2.05, 4.69) is 203 Å². The Bertz CT molecular complexity index is 1900. The molecule has 0 aromatic rings. The third-order valence-electron chi connectivity index (χ3n) is 12.9. The lowest BCUT2D eigenvalue weighted by Crippen LogP contribution is -2.30. The topological polar surface area (TPSA) is 78.9 Å². The molecule has 0 amide bonds. The number of carbonyl (C=O) groups is 3. The molecule has 0 aliphatic carbocycles. The summed E-state index contributed by atoms with van der Waals surface area (Å²) in [7, 11) is 0. The van der Waals surface area contributed by atoms with E-state index in [1.807, 2.05) is 0 Å². The number of ether oxygens (including phenoxy) is 3. The molecule has 0 heterocycles. The van der Waals surface area contributed by atoms with Crippen LogP contribution >= 0.6 is 0 Å². The van der Waals surface area contributed by atoms with E-state index < -0.39 is 6.10 Å². The molecule has 6 heteroatoms. The van der Waals surface area contributed by atoms with Crippen LogP contribution in [0.3, 0.4) is 0 Å². The maximum Gasteiger partial charge on any atom is 0.306 e. The molecule has 0 radical (unpaired) electrons. The van der Waals surface area contributed by atoms with Gasteiger partial charge in [-0.05, 0) is 154 Å². The largest absolute Gasteiger partial charge is 0.462 e. The summed E-state index contributed by atoms with van der Waals surface area (Å²) in [4.78, 5) is 38.4. The van der Waals surface area contributed by atoms with Crippen LogP contribution in [0.1, 0.15) is 252 Å². The lowest BCUT2D eigenvalue weighted by atomic mass is 10.1. The molecule has 0 bridgehead atoms. The van der Waals surface area contributed by atoms with Gasteiger partial charge in [0.15, 0.2) is 6.10 Å². The van der Waals surface area contributed by atoms with E-state index in [1.165, 1.54) is 51.4 Å². The van der Waals surface area contributed by atoms with Gasteiger partial charge in [0, 0.05) is 19.3 Å². The molecule has 0 rings (SSSR count). The molecule has 0 aromatic carbocycles. The van der Waals surface area contributed by atoms with Crippen molar-refractivity contribution in [3.8, 4) is 0 Å². The lowest BCUT2D eigenvalue weighted by Gasteiger charge is -2.18. The number of hydrogen-bond acceptors (Lipinski definition) is 6. The van der Waals surface area contributed by atoms with Gasteiger partial charge in [-0.25, -0.2) is 0 Å². The van der Waals surface area contributed by atoms with Gasteiger partial charge < -0.3 is 14.2 Å². The molecule has 0 fully saturated rings. The maximum absolute atomic E-state index is 12.9. The molecule has 0 N–H and O–H groups in total. The standard InChI is InChI=1S/C75H116O6/c1-4-7-10-13-16-19-22-25-28-31-33-35-37-39-41-44-47-50-53-56-59-62-65-68-74(77)80-71-72(70-79-73(76)67-64-61-58-55-52-49-46-43-30-27-24-21-18-15-12-9-6-3)81-75(78)69-66-63-60-57-54-51-48-45-42-40-38-36-34-32-29-26-23-20-17-14-11-8-5-2/h7-8,10-11,16-21,25-30,33-36,39-42,47-48,50-51,56,59,72H,4-6,9,12-15,22-24,31-32,37-38,43-46,49,52-55,57-58,60-71H2,1-3H3/b10-7-,11-8-,19-16-,20-17-,21-18-,28-25-,29-26-,30-27-,35-33-,36-34-,41-39-,42-40-,50-47-,51-48-,59-56-. The van der Waals surface area contributed by atoms with Crippen molar-refractivity contribution in [2.24, 2.45) is 0 Å². The van der Waals surface area contributed by atoms with E-state index in [0.29, 0.717) is 12.8 Å². The Hall–Kier alpha value is -5.49. The number of hydrogen-bond donors (Lipinski definition) is 0. The summed E-state index contributed by atoms with van der Waals surface area (Å²) in [6, 6.07) is 0. The van der Waals surface area contributed by atoms with Crippen LogP contribution in [0, 0.1) is 0 Å². The smallest absolute Gasteiger partial charge is 0.306 e. The van der Waals surface area contributed by atoms with Crippen molar-refractivity contribution in [3.05, 3.63) is 182 Å². The van der Waals surface area contributed by atoms with Crippen LogP contribution in [0.25, 0.3) is 0 Å². The van der Waals surface area contributed by atoms with Crippen molar-refractivity contribution < 1.29 is 28.6 Å². The highest BCUT2D eigenvalue weighted by Gasteiger charge is 2.19. The van der Waals surface area contributed by atoms with E-state index in [-0.39, 0.29) is 44.0 Å². The van der Waals surface area contributed by atoms with Crippen molar-refractivity contribution in [1.29, 1.82) is 0 Å². The average molecular weight is 1110 g/mol. The number of rotatable bonds is 56. The van der Waals surface area contributed by atoms with Crippen LogP contribution in [-0.2, 0) is 28.6 Å². The predicted molar refractivity (Wildman–Crippen MR) is 352 cm³/mol. The maximum atomic E-state index is 12.9. The highest BCUT2D eigenvalue weighted by atomic mass is 16.6. The molecular formula is C75H116O6. The van der Waals surface area contributed by atoms with E-state index in [0.717, 1.165) is 154 Å². The quantitative estimate of drug-likeness (QED) is 0.0261. The van der Waals surface area contributed by atoms with Crippen molar-refractivity contribution >= 4 is 17.9 Å². The van der Waals surface area contributed by atoms with Crippen LogP contribution < -0.4 is 0 Å². The Morgan fingerprint density at radius 1 is 0.259 bits per heavy atom. The number of allylic oxidation sites excluding steroid dienone is 30. The minimum Gasteiger partial charge on any atom is -0.462 e. The Balaban J connectivity index is 4.60. The molecule has 81 heavy (non-hydrogen) atoms. The van der Waals surface area contributed by atoms with E-state index >= 15 is 0 Å². The normalized spacial score (nSPS) is 13.4. The zero-order valence-corrected chi connectivity index (χ0v) is 51.7. The fourth-order valence-electron chi connectivity index (χ4n) is 8.11. The van der Waals surface area contributed by atoms with Crippen LogP contribution in [0.4, 0.5) is 0 Å². The Labute approximate surface area is 497 Å². The summed E-state index contributed by atoms with van der Waals surface area (Å²) >= 11 is 0. The van der Waals surface area contributed by atoms with Gasteiger partial charge in [0.1, 0.15) is 13.2 Å². The van der Waals surface area contributed by atoms with Gasteiger partial charge in [0.25, 0.3) is 0 Å². The number of unbranched alkanes of at least 4 members (excludes halogenated alkanes) is 15. The molecule has 452 valence electrons. The highest BCUT2D eigenvalue weighted by Crippen LogP contribution is 2.13. The molecule has 0 saturated heterocycles. The van der Waals surface area contributed by atoms with Crippen LogP contribution in [0.5, 0.6) is 0 Å². The summed E-state index contributed by atoms with van der Waals surface area (Å²) in [5, 5.41) is 0. The first kappa shape index (κ1) is 75.5. The Kier molecular flexibility index (Phi) is 62.5. The van der Waals surface area contributed by atoms with Crippen molar-refractivity contribution in [2.45, 2.75) is 258 Å². The number of carbonyl (C=O) groups excluding carboxylic acids is 3. The average Bonchev–Trinajstić information content (AvgIpc) is 3.47. The molecule has 0 aliphatic heterocycles. The summed E-state index contributed by atoms with van der Waals surface area (Å²) in [5.74, 6) is -1.02. The third kappa shape index (κ3) is 65.2. The molecular weight excluding hydrogens is 997 g/mol. The first-order valence-corrected chi connectivity index (χ1v) is 32.3. The van der Waals surface area contributed by atoms with Crippen molar-refractivity contribution in [3.63, 3.8) is 0 Å². The van der Waals surface area contributed by atoms with Gasteiger partial charge in [0.2, 0.25) is 0 Å². The second kappa shape index (κ2) is 67.0. The Morgan fingerprint density at radius 2 is 0.494 bits per heavy atom. The predicted octanol–water partition coefficient (Wildman–Crippen LogP) is 22.4. The summed E-state index contributed by atoms with van der Waals surface area (Å²) in [6.45, 7) is 6.30. The minimum absolute atomic E-state index is 0.120. The van der Waals surface area contributed by atoms with E-state index in [4.69, 9.17) is 14.2 Å². The zero-order valence-electron chi connectivity index (χ0n) is 51.7. The third-order valence-corrected chi connectivity index (χ3v) is 12.9. The van der Waals surface area contributed by atoms with E-state index in [1.54, 1.807) is 0 Å². The minimum atomic E-state index is -0.832. The van der Waals surface area contributed by atoms with Crippen LogP contribution in [0.15, 0.2) is 182 Å². The number of esters is 3. The monoisotopic (exact) mass is 1110 g/mol. The summed E-state index contributed by atoms with van der Waals surface area (Å²) in [6.07, 6.45) is 100.